The van der Waals surface area contributed by atoms with Crippen molar-refractivity contribution in [3.63, 3.8) is 0 Å². The first-order chi connectivity index (χ1) is 9.56. The zero-order chi connectivity index (χ0) is 14.3. The second-order valence-electron chi connectivity index (χ2n) is 4.40. The summed E-state index contributed by atoms with van der Waals surface area (Å²) in [7, 11) is 0. The molecule has 0 unspecified atom stereocenters. The molecule has 0 spiro atoms. The number of amides is 1. The Labute approximate surface area is 118 Å². The number of nitro groups is 1. The number of nitrogens with one attached hydrogen (secondary N) is 1. The molecule has 0 atom stereocenters. The summed E-state index contributed by atoms with van der Waals surface area (Å²) in [4.78, 5) is 21.8. The van der Waals surface area contributed by atoms with Gasteiger partial charge >= 0.3 is 0 Å². The SMILES string of the molecule is CC(=O)Nc1cc2c(cc1[N+](=O)[O-])sc1ccccc12. The molecule has 100 valence electrons. The van der Waals surface area contributed by atoms with E-state index in [2.05, 4.69) is 5.32 Å². The quantitative estimate of drug-likeness (QED) is 0.573. The zero-order valence-corrected chi connectivity index (χ0v) is 11.4. The predicted octanol–water partition coefficient (Wildman–Crippen LogP) is 3.92. The Kier molecular flexibility index (Phi) is 2.87. The number of hydrogen-bond acceptors (Lipinski definition) is 4. The number of carbonyl (C=O) groups is 1. The summed E-state index contributed by atoms with van der Waals surface area (Å²) in [6.07, 6.45) is 0. The number of hydrogen-bond donors (Lipinski definition) is 1. The fourth-order valence-electron chi connectivity index (χ4n) is 2.20. The highest BCUT2D eigenvalue weighted by molar-refractivity contribution is 7.25. The van der Waals surface area contributed by atoms with Gasteiger partial charge in [-0.1, -0.05) is 18.2 Å². The molecule has 0 saturated carbocycles. The standard InChI is InChI=1S/C14H10N2O3S/c1-8(17)15-11-6-10-9-4-2-3-5-13(9)20-14(10)7-12(11)16(18)19/h2-7H,1H3,(H,15,17). The predicted molar refractivity (Wildman–Crippen MR) is 80.3 cm³/mol. The average molecular weight is 286 g/mol. The van der Waals surface area contributed by atoms with Crippen molar-refractivity contribution in [1.82, 2.24) is 0 Å². The van der Waals surface area contributed by atoms with Gasteiger partial charge in [0.25, 0.3) is 5.69 Å². The molecule has 3 aromatic rings. The summed E-state index contributed by atoms with van der Waals surface area (Å²) in [5.74, 6) is -0.327. The number of fused-ring (bicyclic) bond motifs is 3. The van der Waals surface area contributed by atoms with E-state index in [0.29, 0.717) is 0 Å². The molecule has 0 radical (unpaired) electrons. The molecule has 0 saturated heterocycles. The summed E-state index contributed by atoms with van der Waals surface area (Å²) in [5, 5.41) is 15.6. The minimum Gasteiger partial charge on any atom is -0.321 e. The fourth-order valence-corrected chi connectivity index (χ4v) is 3.32. The molecule has 2 aromatic carbocycles. The van der Waals surface area contributed by atoms with E-state index in [4.69, 9.17) is 0 Å². The Hall–Kier alpha value is -2.47. The number of anilines is 1. The van der Waals surface area contributed by atoms with E-state index >= 15 is 0 Å². The topological polar surface area (TPSA) is 72.2 Å². The minimum absolute atomic E-state index is 0.0840. The lowest BCUT2D eigenvalue weighted by Gasteiger charge is -2.03. The fraction of sp³-hybridized carbons (Fsp3) is 0.0714. The molecule has 1 aromatic heterocycles. The van der Waals surface area contributed by atoms with Crippen LogP contribution in [0.4, 0.5) is 11.4 Å². The summed E-state index contributed by atoms with van der Waals surface area (Å²) in [5.41, 5.74) is 0.151. The maximum atomic E-state index is 11.2. The number of rotatable bonds is 2. The number of carbonyl (C=O) groups excluding carboxylic acids is 1. The van der Waals surface area contributed by atoms with E-state index < -0.39 is 4.92 Å². The van der Waals surface area contributed by atoms with Gasteiger partial charge in [-0.15, -0.1) is 11.3 Å². The lowest BCUT2D eigenvalue weighted by Crippen LogP contribution is -2.07. The molecule has 3 rings (SSSR count). The molecule has 1 heterocycles. The molecule has 1 N–H and O–H groups in total. The second-order valence-corrected chi connectivity index (χ2v) is 5.49. The van der Waals surface area contributed by atoms with E-state index in [-0.39, 0.29) is 17.3 Å². The third-order valence-corrected chi connectivity index (χ3v) is 4.14. The number of thiophene rings is 1. The van der Waals surface area contributed by atoms with E-state index in [1.165, 1.54) is 24.3 Å². The molecule has 5 nitrogen and oxygen atoms in total. The van der Waals surface area contributed by atoms with Gasteiger partial charge in [-0.3, -0.25) is 14.9 Å². The third-order valence-electron chi connectivity index (χ3n) is 3.00. The Morgan fingerprint density at radius 1 is 1.20 bits per heavy atom. The largest absolute Gasteiger partial charge is 0.321 e. The second kappa shape index (κ2) is 4.57. The van der Waals surface area contributed by atoms with Gasteiger partial charge < -0.3 is 5.32 Å². The lowest BCUT2D eigenvalue weighted by atomic mass is 10.1. The van der Waals surface area contributed by atoms with Crippen molar-refractivity contribution in [2.75, 3.05) is 5.32 Å². The first kappa shape index (κ1) is 12.6. The first-order valence-electron chi connectivity index (χ1n) is 5.93. The maximum absolute atomic E-state index is 11.2. The van der Waals surface area contributed by atoms with Gasteiger partial charge in [-0.2, -0.15) is 0 Å². The molecule has 0 aliphatic carbocycles. The van der Waals surface area contributed by atoms with Crippen molar-refractivity contribution in [2.45, 2.75) is 6.92 Å². The highest BCUT2D eigenvalue weighted by Crippen LogP contribution is 2.39. The van der Waals surface area contributed by atoms with Crippen molar-refractivity contribution >= 4 is 48.8 Å². The summed E-state index contributed by atoms with van der Waals surface area (Å²) >= 11 is 1.50. The molecule has 1 amide bonds. The van der Waals surface area contributed by atoms with Gasteiger partial charge in [0.1, 0.15) is 5.69 Å². The molecular formula is C14H10N2O3S. The molecule has 0 fully saturated rings. The van der Waals surface area contributed by atoms with Crippen LogP contribution in [0.1, 0.15) is 6.92 Å². The van der Waals surface area contributed by atoms with Crippen molar-refractivity contribution in [3.8, 4) is 0 Å². The van der Waals surface area contributed by atoms with Crippen LogP contribution < -0.4 is 5.32 Å². The van der Waals surface area contributed by atoms with Crippen LogP contribution in [-0.2, 0) is 4.79 Å². The smallest absolute Gasteiger partial charge is 0.294 e. The average Bonchev–Trinajstić information content (AvgIpc) is 2.75. The van der Waals surface area contributed by atoms with Crippen LogP contribution in [0.5, 0.6) is 0 Å². The highest BCUT2D eigenvalue weighted by atomic mass is 32.1. The lowest BCUT2D eigenvalue weighted by molar-refractivity contribution is -0.383. The van der Waals surface area contributed by atoms with Crippen LogP contribution in [0, 0.1) is 10.1 Å². The highest BCUT2D eigenvalue weighted by Gasteiger charge is 2.18. The Balaban J connectivity index is 2.35. The number of nitro benzene ring substituents is 1. The Morgan fingerprint density at radius 3 is 2.65 bits per heavy atom. The van der Waals surface area contributed by atoms with Crippen LogP contribution in [0.15, 0.2) is 36.4 Å². The number of benzene rings is 2. The third kappa shape index (κ3) is 2.00. The summed E-state index contributed by atoms with van der Waals surface area (Å²) < 4.78 is 1.91. The molecule has 6 heteroatoms. The first-order valence-corrected chi connectivity index (χ1v) is 6.75. The molecule has 0 bridgehead atoms. The van der Waals surface area contributed by atoms with E-state index in [0.717, 1.165) is 20.2 Å². The number of nitrogens with zero attached hydrogens (tertiary/aromatic N) is 1. The van der Waals surface area contributed by atoms with Gasteiger partial charge in [0.05, 0.1) is 4.92 Å². The van der Waals surface area contributed by atoms with Crippen molar-refractivity contribution in [3.05, 3.63) is 46.5 Å². The monoisotopic (exact) mass is 286 g/mol. The minimum atomic E-state index is -0.477. The van der Waals surface area contributed by atoms with Crippen LogP contribution in [-0.4, -0.2) is 10.8 Å². The Bertz CT molecular complexity index is 854. The van der Waals surface area contributed by atoms with Gasteiger partial charge in [0.2, 0.25) is 5.91 Å². The van der Waals surface area contributed by atoms with Crippen LogP contribution in [0.2, 0.25) is 0 Å². The molecule has 0 aliphatic rings. The van der Waals surface area contributed by atoms with E-state index in [1.54, 1.807) is 6.07 Å². The Morgan fingerprint density at radius 2 is 1.95 bits per heavy atom. The summed E-state index contributed by atoms with van der Waals surface area (Å²) in [6, 6.07) is 11.0. The van der Waals surface area contributed by atoms with Crippen molar-refractivity contribution < 1.29 is 9.72 Å². The van der Waals surface area contributed by atoms with Crippen LogP contribution in [0.3, 0.4) is 0 Å². The molecule has 20 heavy (non-hydrogen) atoms. The van der Waals surface area contributed by atoms with Gasteiger partial charge in [0, 0.05) is 33.2 Å². The molecule has 0 aliphatic heterocycles. The van der Waals surface area contributed by atoms with Crippen molar-refractivity contribution in [2.24, 2.45) is 0 Å². The van der Waals surface area contributed by atoms with Gasteiger partial charge in [-0.25, -0.2) is 0 Å². The normalized spacial score (nSPS) is 10.8. The van der Waals surface area contributed by atoms with Gasteiger partial charge in [-0.05, 0) is 12.1 Å². The van der Waals surface area contributed by atoms with Crippen LogP contribution >= 0.6 is 11.3 Å². The van der Waals surface area contributed by atoms with E-state index in [1.807, 2.05) is 24.3 Å². The van der Waals surface area contributed by atoms with E-state index in [9.17, 15) is 14.9 Å². The molecular weight excluding hydrogens is 276 g/mol. The zero-order valence-electron chi connectivity index (χ0n) is 10.5. The summed E-state index contributed by atoms with van der Waals surface area (Å²) in [6.45, 7) is 1.33. The van der Waals surface area contributed by atoms with Gasteiger partial charge in [0.15, 0.2) is 0 Å². The maximum Gasteiger partial charge on any atom is 0.294 e. The van der Waals surface area contributed by atoms with Crippen molar-refractivity contribution in [1.29, 1.82) is 0 Å². The van der Waals surface area contributed by atoms with Crippen LogP contribution in [0.25, 0.3) is 20.2 Å².